The number of rotatable bonds is 9. The number of hydrogen-bond donors (Lipinski definition) is 1. The molecule has 0 amide bonds. The quantitative estimate of drug-likeness (QED) is 0.548. The highest BCUT2D eigenvalue weighted by Crippen LogP contribution is 2.37. The summed E-state index contributed by atoms with van der Waals surface area (Å²) >= 11 is 1.56. The van der Waals surface area contributed by atoms with Gasteiger partial charge in [-0.25, -0.2) is 0 Å². The number of hydrogen-bond acceptors (Lipinski definition) is 4. The smallest absolute Gasteiger partial charge is 0.299 e. The van der Waals surface area contributed by atoms with E-state index in [4.69, 9.17) is 4.74 Å². The molecule has 0 radical (unpaired) electrons. The van der Waals surface area contributed by atoms with E-state index in [1.165, 1.54) is 17.8 Å². The van der Waals surface area contributed by atoms with Gasteiger partial charge in [-0.1, -0.05) is 16.2 Å². The van der Waals surface area contributed by atoms with Gasteiger partial charge in [0.25, 0.3) is 5.66 Å². The molecule has 2 rings (SSSR count). The molecular formula is C15H22F2N3OPS. The van der Waals surface area contributed by atoms with Gasteiger partial charge in [0.15, 0.2) is 0 Å². The molecule has 1 N–H and O–H groups in total. The molecule has 0 aromatic carbocycles. The molecule has 1 unspecified atom stereocenters. The Labute approximate surface area is 141 Å². The van der Waals surface area contributed by atoms with E-state index >= 15 is 0 Å². The van der Waals surface area contributed by atoms with Crippen LogP contribution in [0.4, 0.5) is 8.78 Å². The molecular weight excluding hydrogens is 339 g/mol. The van der Waals surface area contributed by atoms with Crippen molar-refractivity contribution in [2.24, 2.45) is 7.05 Å². The average molecular weight is 361 g/mol. The summed E-state index contributed by atoms with van der Waals surface area (Å²) in [6.45, 7) is 5.09. The summed E-state index contributed by atoms with van der Waals surface area (Å²) < 4.78 is 33.5. The maximum absolute atomic E-state index is 13.4. The van der Waals surface area contributed by atoms with Crippen molar-refractivity contribution in [3.8, 4) is 10.6 Å². The number of nitrogens with zero attached hydrogens (tertiary/aromatic N) is 2. The summed E-state index contributed by atoms with van der Waals surface area (Å²) in [5.41, 5.74) is -2.51. The fourth-order valence-corrected chi connectivity index (χ4v) is 3.32. The highest BCUT2D eigenvalue weighted by Gasteiger charge is 2.29. The zero-order valence-electron chi connectivity index (χ0n) is 13.3. The Balaban J connectivity index is 1.92. The van der Waals surface area contributed by atoms with E-state index in [1.807, 2.05) is 12.1 Å². The molecule has 0 saturated carbocycles. The van der Waals surface area contributed by atoms with Crippen LogP contribution in [0.1, 0.15) is 23.9 Å². The van der Waals surface area contributed by atoms with Crippen molar-refractivity contribution in [2.75, 3.05) is 19.8 Å². The first-order valence-electron chi connectivity index (χ1n) is 7.50. The van der Waals surface area contributed by atoms with Gasteiger partial charge in [-0.05, 0) is 24.6 Å². The third-order valence-corrected chi connectivity index (χ3v) is 4.61. The minimum absolute atomic E-state index is 0.112. The van der Waals surface area contributed by atoms with E-state index in [1.54, 1.807) is 20.6 Å². The molecule has 8 heteroatoms. The number of halogens is 2. The van der Waals surface area contributed by atoms with Gasteiger partial charge >= 0.3 is 0 Å². The molecule has 128 valence electrons. The summed E-state index contributed by atoms with van der Waals surface area (Å²) in [5.74, 6) is 0. The van der Waals surface area contributed by atoms with E-state index in [9.17, 15) is 8.78 Å². The van der Waals surface area contributed by atoms with Crippen LogP contribution >= 0.6 is 20.6 Å². The third kappa shape index (κ3) is 5.31. The normalized spacial score (nSPS) is 12.0. The van der Waals surface area contributed by atoms with E-state index in [0.717, 1.165) is 35.9 Å². The molecule has 0 bridgehead atoms. The van der Waals surface area contributed by atoms with Crippen LogP contribution in [0.15, 0.2) is 18.2 Å². The van der Waals surface area contributed by atoms with Crippen LogP contribution in [0.3, 0.4) is 0 Å². The Kier molecular flexibility index (Phi) is 6.65. The molecule has 1 atom stereocenters. The second kappa shape index (κ2) is 8.29. The third-order valence-electron chi connectivity index (χ3n) is 3.21. The molecule has 0 fully saturated rings. The van der Waals surface area contributed by atoms with Crippen molar-refractivity contribution in [3.63, 3.8) is 0 Å². The lowest BCUT2D eigenvalue weighted by atomic mass is 10.3. The number of nitrogens with one attached hydrogen (secondary N) is 1. The van der Waals surface area contributed by atoms with Crippen LogP contribution in [0.2, 0.25) is 0 Å². The van der Waals surface area contributed by atoms with Crippen LogP contribution in [0.5, 0.6) is 0 Å². The van der Waals surface area contributed by atoms with Crippen molar-refractivity contribution in [2.45, 2.75) is 25.6 Å². The molecule has 0 spiro atoms. The van der Waals surface area contributed by atoms with E-state index in [-0.39, 0.29) is 5.69 Å². The number of aromatic nitrogens is 2. The number of alkyl halides is 2. The molecule has 0 saturated heterocycles. The number of aryl methyl sites for hydroxylation is 1. The molecule has 2 heterocycles. The van der Waals surface area contributed by atoms with Crippen molar-refractivity contribution in [3.05, 3.63) is 28.8 Å². The molecule has 2 aromatic rings. The summed E-state index contributed by atoms with van der Waals surface area (Å²) in [6.07, 6.45) is 1.02. The molecule has 0 aliphatic carbocycles. The first kappa shape index (κ1) is 18.5. The molecule has 23 heavy (non-hydrogen) atoms. The number of ether oxygens (including phenoxy) is 1. The fourth-order valence-electron chi connectivity index (χ4n) is 2.11. The van der Waals surface area contributed by atoms with Crippen LogP contribution in [-0.4, -0.2) is 29.5 Å². The summed E-state index contributed by atoms with van der Waals surface area (Å²) in [6, 6.07) is 5.35. The predicted molar refractivity (Wildman–Crippen MR) is 92.9 cm³/mol. The molecule has 0 aliphatic heterocycles. The minimum atomic E-state index is -2.97. The molecule has 4 nitrogen and oxygen atoms in total. The second-order valence-electron chi connectivity index (χ2n) is 5.22. The van der Waals surface area contributed by atoms with Gasteiger partial charge in [-0.15, -0.1) is 11.3 Å². The fraction of sp³-hybridized carbons (Fsp3) is 0.533. The van der Waals surface area contributed by atoms with E-state index in [2.05, 4.69) is 17.3 Å². The maximum atomic E-state index is 13.4. The standard InChI is InChI=1S/C15H22F2N3OPS/c1-3-7-21-8-6-18-10-11-4-5-13(23-11)12-9-14(15(16,17)22)20(2)19-12/h4-5,9,18H,3,6-8,10,22H2,1-2H3. The van der Waals surface area contributed by atoms with Gasteiger partial charge in [0.2, 0.25) is 0 Å². The molecule has 0 aliphatic rings. The van der Waals surface area contributed by atoms with E-state index < -0.39 is 5.66 Å². The minimum Gasteiger partial charge on any atom is -0.380 e. The SMILES string of the molecule is CCCOCCNCc1ccc(-c2cc(C(F)(F)P)n(C)n2)s1. The predicted octanol–water partition coefficient (Wildman–Crippen LogP) is 3.59. The summed E-state index contributed by atoms with van der Waals surface area (Å²) in [4.78, 5) is 2.03. The van der Waals surface area contributed by atoms with Crippen LogP contribution < -0.4 is 5.32 Å². The van der Waals surface area contributed by atoms with Crippen molar-refractivity contribution in [1.29, 1.82) is 0 Å². The van der Waals surface area contributed by atoms with Gasteiger partial charge in [0.05, 0.1) is 11.5 Å². The first-order chi connectivity index (χ1) is 10.9. The van der Waals surface area contributed by atoms with Gasteiger partial charge in [0, 0.05) is 31.6 Å². The van der Waals surface area contributed by atoms with Crippen LogP contribution in [0.25, 0.3) is 10.6 Å². The zero-order valence-corrected chi connectivity index (χ0v) is 15.3. The average Bonchev–Trinajstić information content (AvgIpc) is 3.08. The first-order valence-corrected chi connectivity index (χ1v) is 8.90. The highest BCUT2D eigenvalue weighted by atomic mass is 32.1. The van der Waals surface area contributed by atoms with Gasteiger partial charge < -0.3 is 10.1 Å². The lowest BCUT2D eigenvalue weighted by molar-refractivity contribution is 0.0938. The Morgan fingerprint density at radius 3 is 2.83 bits per heavy atom. The Morgan fingerprint density at radius 1 is 1.39 bits per heavy atom. The topological polar surface area (TPSA) is 39.1 Å². The largest absolute Gasteiger partial charge is 0.380 e. The molecule has 2 aromatic heterocycles. The van der Waals surface area contributed by atoms with Gasteiger partial charge in [-0.3, -0.25) is 4.68 Å². The van der Waals surface area contributed by atoms with Crippen molar-refractivity contribution >= 4 is 20.6 Å². The summed E-state index contributed by atoms with van der Waals surface area (Å²) in [5, 5.41) is 7.49. The van der Waals surface area contributed by atoms with Gasteiger partial charge in [0.1, 0.15) is 11.4 Å². The lowest BCUT2D eigenvalue weighted by Gasteiger charge is -2.08. The Morgan fingerprint density at radius 2 is 2.17 bits per heavy atom. The van der Waals surface area contributed by atoms with Gasteiger partial charge in [-0.2, -0.15) is 13.9 Å². The van der Waals surface area contributed by atoms with E-state index in [0.29, 0.717) is 12.3 Å². The van der Waals surface area contributed by atoms with Crippen molar-refractivity contribution < 1.29 is 13.5 Å². The second-order valence-corrected chi connectivity index (χ2v) is 7.11. The Hall–Kier alpha value is -0.880. The zero-order chi connectivity index (χ0) is 16.9. The lowest BCUT2D eigenvalue weighted by Crippen LogP contribution is -2.18. The summed E-state index contributed by atoms with van der Waals surface area (Å²) in [7, 11) is 3.08. The Bertz CT molecular complexity index is 625. The highest BCUT2D eigenvalue weighted by molar-refractivity contribution is 7.17. The van der Waals surface area contributed by atoms with Crippen LogP contribution in [0, 0.1) is 0 Å². The monoisotopic (exact) mass is 361 g/mol. The number of thiophene rings is 1. The maximum Gasteiger partial charge on any atom is 0.299 e. The van der Waals surface area contributed by atoms with Crippen LogP contribution in [-0.2, 0) is 24.0 Å². The van der Waals surface area contributed by atoms with Crippen molar-refractivity contribution in [1.82, 2.24) is 15.1 Å².